The summed E-state index contributed by atoms with van der Waals surface area (Å²) in [4.78, 5) is 14.0. The molecule has 1 saturated heterocycles. The number of hydrogen-bond donors (Lipinski definition) is 0. The number of rotatable bonds is 4. The molecule has 1 aromatic carbocycles. The van der Waals surface area contributed by atoms with Gasteiger partial charge in [-0.2, -0.15) is 0 Å². The number of amides is 1. The van der Waals surface area contributed by atoms with E-state index < -0.39 is 0 Å². The first kappa shape index (κ1) is 13.9. The summed E-state index contributed by atoms with van der Waals surface area (Å²) in [6.45, 7) is 3.48. The fourth-order valence-corrected chi connectivity index (χ4v) is 2.38. The van der Waals surface area contributed by atoms with Gasteiger partial charge in [0.05, 0.1) is 13.7 Å². The molecule has 1 amide bonds. The van der Waals surface area contributed by atoms with Gasteiger partial charge >= 0.3 is 0 Å². The zero-order valence-corrected chi connectivity index (χ0v) is 11.6. The minimum absolute atomic E-state index is 0.0982. The molecule has 1 aliphatic heterocycles. The summed E-state index contributed by atoms with van der Waals surface area (Å²) in [5.41, 5.74) is 1.07. The summed E-state index contributed by atoms with van der Waals surface area (Å²) < 4.78 is 10.8. The van der Waals surface area contributed by atoms with Gasteiger partial charge in [0.1, 0.15) is 12.0 Å². The van der Waals surface area contributed by atoms with Gasteiger partial charge < -0.3 is 14.4 Å². The molecule has 104 valence electrons. The summed E-state index contributed by atoms with van der Waals surface area (Å²) in [5, 5.41) is 0. The van der Waals surface area contributed by atoms with Crippen LogP contribution >= 0.6 is 0 Å². The number of para-hydroxylation sites is 1. The largest absolute Gasteiger partial charge is 0.496 e. The number of ether oxygens (including phenoxy) is 2. The van der Waals surface area contributed by atoms with Crippen LogP contribution in [0.5, 0.6) is 5.75 Å². The Morgan fingerprint density at radius 1 is 1.47 bits per heavy atom. The van der Waals surface area contributed by atoms with Crippen LogP contribution in [-0.4, -0.2) is 37.3 Å². The molecule has 1 aliphatic rings. The van der Waals surface area contributed by atoms with E-state index in [0.29, 0.717) is 12.8 Å². The van der Waals surface area contributed by atoms with Gasteiger partial charge in [0.25, 0.3) is 0 Å². The third-order valence-electron chi connectivity index (χ3n) is 3.46. The Hall–Kier alpha value is -1.55. The van der Waals surface area contributed by atoms with Crippen LogP contribution in [-0.2, 0) is 16.0 Å². The SMILES string of the molecule is COc1ccccc1CCC(=O)N1CCCOC1C. The zero-order chi connectivity index (χ0) is 13.7. The molecule has 4 nitrogen and oxygen atoms in total. The monoisotopic (exact) mass is 263 g/mol. The number of aryl methyl sites for hydroxylation is 1. The Morgan fingerprint density at radius 2 is 2.26 bits per heavy atom. The van der Waals surface area contributed by atoms with Gasteiger partial charge in [-0.3, -0.25) is 4.79 Å². The second-order valence-electron chi connectivity index (χ2n) is 4.72. The Labute approximate surface area is 114 Å². The maximum atomic E-state index is 12.2. The highest BCUT2D eigenvalue weighted by Crippen LogP contribution is 2.20. The van der Waals surface area contributed by atoms with Crippen molar-refractivity contribution in [2.24, 2.45) is 0 Å². The van der Waals surface area contributed by atoms with Crippen LogP contribution in [0.1, 0.15) is 25.3 Å². The smallest absolute Gasteiger partial charge is 0.224 e. The fourth-order valence-electron chi connectivity index (χ4n) is 2.38. The summed E-state index contributed by atoms with van der Waals surface area (Å²) in [5.74, 6) is 0.997. The van der Waals surface area contributed by atoms with Crippen LogP contribution < -0.4 is 4.74 Å². The molecule has 0 spiro atoms. The molecule has 1 heterocycles. The number of methoxy groups -OCH3 is 1. The second kappa shape index (κ2) is 6.57. The predicted molar refractivity (Wildman–Crippen MR) is 73.1 cm³/mol. The van der Waals surface area contributed by atoms with Gasteiger partial charge in [0.2, 0.25) is 5.91 Å². The van der Waals surface area contributed by atoms with Gasteiger partial charge in [0, 0.05) is 13.0 Å². The molecule has 0 aliphatic carbocycles. The van der Waals surface area contributed by atoms with Gasteiger partial charge in [-0.25, -0.2) is 0 Å². The van der Waals surface area contributed by atoms with E-state index >= 15 is 0 Å². The van der Waals surface area contributed by atoms with Crippen molar-refractivity contribution in [3.63, 3.8) is 0 Å². The van der Waals surface area contributed by atoms with Crippen molar-refractivity contribution < 1.29 is 14.3 Å². The molecule has 19 heavy (non-hydrogen) atoms. The molecule has 4 heteroatoms. The maximum Gasteiger partial charge on any atom is 0.224 e. The summed E-state index contributed by atoms with van der Waals surface area (Å²) >= 11 is 0. The van der Waals surface area contributed by atoms with Crippen molar-refractivity contribution in [3.8, 4) is 5.75 Å². The van der Waals surface area contributed by atoms with E-state index in [1.807, 2.05) is 36.1 Å². The number of carbonyl (C=O) groups excluding carboxylic acids is 1. The Bertz CT molecular complexity index is 433. The maximum absolute atomic E-state index is 12.2. The third-order valence-corrected chi connectivity index (χ3v) is 3.46. The lowest BCUT2D eigenvalue weighted by atomic mass is 10.1. The Morgan fingerprint density at radius 3 is 3.00 bits per heavy atom. The summed E-state index contributed by atoms with van der Waals surface area (Å²) in [7, 11) is 1.65. The van der Waals surface area contributed by atoms with Crippen molar-refractivity contribution in [1.82, 2.24) is 4.90 Å². The van der Waals surface area contributed by atoms with E-state index in [2.05, 4.69) is 0 Å². The quantitative estimate of drug-likeness (QED) is 0.836. The highest BCUT2D eigenvalue weighted by molar-refractivity contribution is 5.76. The van der Waals surface area contributed by atoms with E-state index in [0.717, 1.165) is 30.9 Å². The molecule has 0 aromatic heterocycles. The van der Waals surface area contributed by atoms with Crippen molar-refractivity contribution in [2.45, 2.75) is 32.4 Å². The highest BCUT2D eigenvalue weighted by Gasteiger charge is 2.23. The molecule has 1 unspecified atom stereocenters. The van der Waals surface area contributed by atoms with Crippen LogP contribution in [0.15, 0.2) is 24.3 Å². The van der Waals surface area contributed by atoms with Crippen molar-refractivity contribution in [3.05, 3.63) is 29.8 Å². The van der Waals surface area contributed by atoms with Crippen LogP contribution in [0.2, 0.25) is 0 Å². The topological polar surface area (TPSA) is 38.8 Å². The van der Waals surface area contributed by atoms with E-state index in [1.165, 1.54) is 0 Å². The molecular formula is C15H21NO3. The lowest BCUT2D eigenvalue weighted by Gasteiger charge is -2.33. The van der Waals surface area contributed by atoms with Crippen molar-refractivity contribution >= 4 is 5.91 Å². The second-order valence-corrected chi connectivity index (χ2v) is 4.72. The summed E-state index contributed by atoms with van der Waals surface area (Å²) in [6, 6.07) is 7.83. The van der Waals surface area contributed by atoms with Crippen molar-refractivity contribution in [2.75, 3.05) is 20.3 Å². The van der Waals surface area contributed by atoms with E-state index in [-0.39, 0.29) is 12.1 Å². The molecule has 0 saturated carbocycles. The Balaban J connectivity index is 1.92. The normalized spacial score (nSPS) is 19.3. The lowest BCUT2D eigenvalue weighted by Crippen LogP contribution is -2.44. The molecule has 1 fully saturated rings. The standard InChI is InChI=1S/C15H21NO3/c1-12-16(10-5-11-19-12)15(17)9-8-13-6-3-4-7-14(13)18-2/h3-4,6-7,12H,5,8-11H2,1-2H3. The van der Waals surface area contributed by atoms with Crippen molar-refractivity contribution in [1.29, 1.82) is 0 Å². The molecule has 2 rings (SSSR count). The minimum Gasteiger partial charge on any atom is -0.496 e. The van der Waals surface area contributed by atoms with Crippen LogP contribution in [0.25, 0.3) is 0 Å². The minimum atomic E-state index is -0.0982. The van der Waals surface area contributed by atoms with Gasteiger partial charge in [-0.05, 0) is 31.4 Å². The average Bonchev–Trinajstić information content (AvgIpc) is 2.45. The molecular weight excluding hydrogens is 242 g/mol. The first-order chi connectivity index (χ1) is 9.22. The number of benzene rings is 1. The fraction of sp³-hybridized carbons (Fsp3) is 0.533. The Kier molecular flexibility index (Phi) is 4.80. The first-order valence-corrected chi connectivity index (χ1v) is 6.75. The average molecular weight is 263 g/mol. The van der Waals surface area contributed by atoms with Crippen LogP contribution in [0.3, 0.4) is 0 Å². The molecule has 0 radical (unpaired) electrons. The number of hydrogen-bond acceptors (Lipinski definition) is 3. The lowest BCUT2D eigenvalue weighted by molar-refractivity contribution is -0.151. The van der Waals surface area contributed by atoms with Crippen LogP contribution in [0.4, 0.5) is 0 Å². The van der Waals surface area contributed by atoms with Gasteiger partial charge in [-0.1, -0.05) is 18.2 Å². The molecule has 1 atom stereocenters. The highest BCUT2D eigenvalue weighted by atomic mass is 16.5. The molecule has 0 bridgehead atoms. The van der Waals surface area contributed by atoms with Gasteiger partial charge in [0.15, 0.2) is 0 Å². The van der Waals surface area contributed by atoms with Crippen LogP contribution in [0, 0.1) is 0 Å². The molecule has 1 aromatic rings. The summed E-state index contributed by atoms with van der Waals surface area (Å²) in [6.07, 6.45) is 2.02. The van der Waals surface area contributed by atoms with E-state index in [9.17, 15) is 4.79 Å². The van der Waals surface area contributed by atoms with E-state index in [4.69, 9.17) is 9.47 Å². The predicted octanol–water partition coefficient (Wildman–Crippen LogP) is 2.22. The third kappa shape index (κ3) is 3.47. The zero-order valence-electron chi connectivity index (χ0n) is 11.6. The number of nitrogens with zero attached hydrogens (tertiary/aromatic N) is 1. The van der Waals surface area contributed by atoms with E-state index in [1.54, 1.807) is 7.11 Å². The number of carbonyl (C=O) groups is 1. The van der Waals surface area contributed by atoms with Gasteiger partial charge in [-0.15, -0.1) is 0 Å². The molecule has 0 N–H and O–H groups in total. The first-order valence-electron chi connectivity index (χ1n) is 6.75.